The van der Waals surface area contributed by atoms with Gasteiger partial charge in [-0.1, -0.05) is 18.2 Å². The van der Waals surface area contributed by atoms with Crippen LogP contribution in [-0.4, -0.2) is 16.1 Å². The van der Waals surface area contributed by atoms with Gasteiger partial charge in [-0.2, -0.15) is 0 Å². The molecule has 2 rings (SSSR count). The van der Waals surface area contributed by atoms with Crippen LogP contribution in [-0.2, 0) is 0 Å². The smallest absolute Gasteiger partial charge is 0.352 e. The maximum absolute atomic E-state index is 11.0. The van der Waals surface area contributed by atoms with Gasteiger partial charge in [0.1, 0.15) is 5.69 Å². The summed E-state index contributed by atoms with van der Waals surface area (Å²) >= 11 is 0. The molecule has 0 unspecified atom stereocenters. The number of rotatable bonds is 2. The lowest BCUT2D eigenvalue weighted by Crippen LogP contribution is -2.00. The summed E-state index contributed by atoms with van der Waals surface area (Å²) in [4.78, 5) is 13.8. The van der Waals surface area contributed by atoms with Crippen molar-refractivity contribution in [2.75, 3.05) is 0 Å². The monoisotopic (exact) mass is 215 g/mol. The van der Waals surface area contributed by atoms with E-state index in [1.807, 2.05) is 32.0 Å². The van der Waals surface area contributed by atoms with Crippen LogP contribution in [0.25, 0.3) is 11.1 Å². The highest BCUT2D eigenvalue weighted by atomic mass is 16.4. The summed E-state index contributed by atoms with van der Waals surface area (Å²) in [5, 5.41) is 9.07. The number of aromatic amines is 1. The van der Waals surface area contributed by atoms with E-state index in [2.05, 4.69) is 4.98 Å². The minimum Gasteiger partial charge on any atom is -0.477 e. The fourth-order valence-corrected chi connectivity index (χ4v) is 1.99. The van der Waals surface area contributed by atoms with Crippen LogP contribution in [0, 0.1) is 13.8 Å². The van der Waals surface area contributed by atoms with E-state index in [-0.39, 0.29) is 5.69 Å². The standard InChI is InChI=1S/C13H13NO2/c1-8-4-3-5-9(2)11(8)10-6-7-14-12(10)13(15)16/h3-7,14H,1-2H3,(H,15,16). The molecule has 0 atom stereocenters. The van der Waals surface area contributed by atoms with Crippen molar-refractivity contribution in [3.8, 4) is 11.1 Å². The molecular formula is C13H13NO2. The lowest BCUT2D eigenvalue weighted by atomic mass is 9.96. The molecule has 0 aliphatic heterocycles. The zero-order valence-corrected chi connectivity index (χ0v) is 9.24. The Morgan fingerprint density at radius 1 is 1.19 bits per heavy atom. The van der Waals surface area contributed by atoms with E-state index >= 15 is 0 Å². The molecule has 0 saturated heterocycles. The van der Waals surface area contributed by atoms with Gasteiger partial charge in [-0.05, 0) is 36.6 Å². The van der Waals surface area contributed by atoms with Gasteiger partial charge >= 0.3 is 5.97 Å². The molecular weight excluding hydrogens is 202 g/mol. The Kier molecular flexibility index (Phi) is 2.52. The molecule has 1 heterocycles. The maximum Gasteiger partial charge on any atom is 0.352 e. The third-order valence-electron chi connectivity index (χ3n) is 2.71. The first-order valence-corrected chi connectivity index (χ1v) is 5.08. The molecule has 0 aliphatic carbocycles. The first-order valence-electron chi connectivity index (χ1n) is 5.08. The van der Waals surface area contributed by atoms with Crippen LogP contribution in [0.15, 0.2) is 30.5 Å². The first kappa shape index (κ1) is 10.5. The topological polar surface area (TPSA) is 53.1 Å². The summed E-state index contributed by atoms with van der Waals surface area (Å²) in [7, 11) is 0. The summed E-state index contributed by atoms with van der Waals surface area (Å²) in [6.07, 6.45) is 1.66. The van der Waals surface area contributed by atoms with Crippen LogP contribution in [0.2, 0.25) is 0 Å². The highest BCUT2D eigenvalue weighted by Gasteiger charge is 2.15. The second-order valence-corrected chi connectivity index (χ2v) is 3.84. The largest absolute Gasteiger partial charge is 0.477 e. The van der Waals surface area contributed by atoms with Crippen molar-refractivity contribution in [1.82, 2.24) is 4.98 Å². The lowest BCUT2D eigenvalue weighted by molar-refractivity contribution is 0.0692. The molecule has 0 saturated carbocycles. The molecule has 2 N–H and O–H groups in total. The van der Waals surface area contributed by atoms with Gasteiger partial charge in [-0.3, -0.25) is 0 Å². The van der Waals surface area contributed by atoms with Gasteiger partial charge in [-0.25, -0.2) is 4.79 Å². The van der Waals surface area contributed by atoms with Crippen molar-refractivity contribution in [2.45, 2.75) is 13.8 Å². The molecule has 0 spiro atoms. The molecule has 3 heteroatoms. The number of aryl methyl sites for hydroxylation is 2. The van der Waals surface area contributed by atoms with E-state index in [4.69, 9.17) is 5.11 Å². The molecule has 2 aromatic rings. The van der Waals surface area contributed by atoms with Crippen LogP contribution in [0.1, 0.15) is 21.6 Å². The molecule has 82 valence electrons. The van der Waals surface area contributed by atoms with Crippen LogP contribution in [0.3, 0.4) is 0 Å². The Bertz CT molecular complexity index is 520. The van der Waals surface area contributed by atoms with Crippen molar-refractivity contribution in [3.05, 3.63) is 47.3 Å². The van der Waals surface area contributed by atoms with E-state index in [1.165, 1.54) is 0 Å². The molecule has 0 aliphatic rings. The Morgan fingerprint density at radius 3 is 2.38 bits per heavy atom. The maximum atomic E-state index is 11.0. The number of carboxylic acid groups (broad SMARTS) is 1. The van der Waals surface area contributed by atoms with Crippen molar-refractivity contribution >= 4 is 5.97 Å². The fraction of sp³-hybridized carbons (Fsp3) is 0.154. The number of aromatic carboxylic acids is 1. The predicted octanol–water partition coefficient (Wildman–Crippen LogP) is 3.00. The van der Waals surface area contributed by atoms with E-state index in [9.17, 15) is 4.79 Å². The van der Waals surface area contributed by atoms with Crippen molar-refractivity contribution < 1.29 is 9.90 Å². The quantitative estimate of drug-likeness (QED) is 0.809. The van der Waals surface area contributed by atoms with E-state index in [0.717, 1.165) is 22.3 Å². The Hall–Kier alpha value is -2.03. The number of benzene rings is 1. The lowest BCUT2D eigenvalue weighted by Gasteiger charge is -2.08. The van der Waals surface area contributed by atoms with E-state index in [1.54, 1.807) is 12.3 Å². The van der Waals surface area contributed by atoms with Gasteiger partial charge in [0.25, 0.3) is 0 Å². The zero-order valence-electron chi connectivity index (χ0n) is 9.24. The first-order chi connectivity index (χ1) is 7.61. The SMILES string of the molecule is Cc1cccc(C)c1-c1cc[nH]c1C(=O)O. The van der Waals surface area contributed by atoms with Gasteiger partial charge in [0.2, 0.25) is 0 Å². The summed E-state index contributed by atoms with van der Waals surface area (Å²) < 4.78 is 0. The highest BCUT2D eigenvalue weighted by Crippen LogP contribution is 2.29. The van der Waals surface area contributed by atoms with E-state index in [0.29, 0.717) is 0 Å². The summed E-state index contributed by atoms with van der Waals surface area (Å²) in [5.74, 6) is -0.928. The number of aromatic nitrogens is 1. The number of carboxylic acids is 1. The zero-order chi connectivity index (χ0) is 11.7. The molecule has 0 bridgehead atoms. The van der Waals surface area contributed by atoms with Crippen molar-refractivity contribution in [3.63, 3.8) is 0 Å². The number of hydrogen-bond donors (Lipinski definition) is 2. The molecule has 1 aromatic heterocycles. The average molecular weight is 215 g/mol. The minimum atomic E-state index is -0.928. The summed E-state index contributed by atoms with van der Waals surface area (Å²) in [5.41, 5.74) is 4.17. The molecule has 0 fully saturated rings. The van der Waals surface area contributed by atoms with Gasteiger partial charge in [-0.15, -0.1) is 0 Å². The summed E-state index contributed by atoms with van der Waals surface area (Å²) in [6.45, 7) is 3.97. The van der Waals surface area contributed by atoms with Gasteiger partial charge in [0.05, 0.1) is 0 Å². The van der Waals surface area contributed by atoms with Crippen LogP contribution in [0.5, 0.6) is 0 Å². The molecule has 16 heavy (non-hydrogen) atoms. The second-order valence-electron chi connectivity index (χ2n) is 3.84. The molecule has 0 radical (unpaired) electrons. The van der Waals surface area contributed by atoms with E-state index < -0.39 is 5.97 Å². The number of hydrogen-bond acceptors (Lipinski definition) is 1. The van der Waals surface area contributed by atoms with Crippen molar-refractivity contribution in [1.29, 1.82) is 0 Å². The fourth-order valence-electron chi connectivity index (χ4n) is 1.99. The Morgan fingerprint density at radius 2 is 1.81 bits per heavy atom. The third kappa shape index (κ3) is 1.60. The molecule has 3 nitrogen and oxygen atoms in total. The molecule has 0 amide bonds. The van der Waals surface area contributed by atoms with Gasteiger partial charge in [0.15, 0.2) is 0 Å². The number of nitrogens with one attached hydrogen (secondary N) is 1. The average Bonchev–Trinajstić information content (AvgIpc) is 2.66. The molecule has 1 aromatic carbocycles. The summed E-state index contributed by atoms with van der Waals surface area (Å²) in [6, 6.07) is 7.75. The highest BCUT2D eigenvalue weighted by molar-refractivity contribution is 5.95. The Labute approximate surface area is 93.7 Å². The number of carbonyl (C=O) groups is 1. The van der Waals surface area contributed by atoms with Gasteiger partial charge in [0, 0.05) is 11.8 Å². The van der Waals surface area contributed by atoms with Crippen LogP contribution < -0.4 is 0 Å². The van der Waals surface area contributed by atoms with Gasteiger partial charge < -0.3 is 10.1 Å². The number of H-pyrrole nitrogens is 1. The normalized spacial score (nSPS) is 10.4. The van der Waals surface area contributed by atoms with Crippen LogP contribution >= 0.6 is 0 Å². The minimum absolute atomic E-state index is 0.248. The van der Waals surface area contributed by atoms with Crippen LogP contribution in [0.4, 0.5) is 0 Å². The Balaban J connectivity index is 2.68. The predicted molar refractivity (Wildman–Crippen MR) is 62.7 cm³/mol. The third-order valence-corrected chi connectivity index (χ3v) is 2.71. The van der Waals surface area contributed by atoms with Crippen molar-refractivity contribution in [2.24, 2.45) is 0 Å². The second kappa shape index (κ2) is 3.85.